The van der Waals surface area contributed by atoms with Crippen LogP contribution in [0.2, 0.25) is 5.02 Å². The Morgan fingerprint density at radius 3 is 2.63 bits per heavy atom. The van der Waals surface area contributed by atoms with E-state index in [-0.39, 0.29) is 15.6 Å². The van der Waals surface area contributed by atoms with Crippen molar-refractivity contribution in [1.82, 2.24) is 4.98 Å². The Morgan fingerprint density at radius 1 is 1.26 bits per heavy atom. The Bertz CT molecular complexity index is 701. The van der Waals surface area contributed by atoms with Gasteiger partial charge in [-0.15, -0.1) is 0 Å². The fourth-order valence-corrected chi connectivity index (χ4v) is 3.69. The molecule has 3 N–H and O–H groups in total. The molecule has 0 amide bonds. The third-order valence-electron chi connectivity index (χ3n) is 2.27. The predicted octanol–water partition coefficient (Wildman–Crippen LogP) is 2.88. The number of nitrogen functional groups attached to an aromatic ring is 1. The van der Waals surface area contributed by atoms with E-state index in [0.29, 0.717) is 10.3 Å². The highest BCUT2D eigenvalue weighted by atomic mass is 79.9. The number of halogens is 2. The molecule has 19 heavy (non-hydrogen) atoms. The van der Waals surface area contributed by atoms with Gasteiger partial charge in [0, 0.05) is 6.20 Å². The van der Waals surface area contributed by atoms with Crippen molar-refractivity contribution in [3.05, 3.63) is 46.2 Å². The first kappa shape index (κ1) is 14.1. The Labute approximate surface area is 124 Å². The number of benzene rings is 1. The van der Waals surface area contributed by atoms with Crippen molar-refractivity contribution < 1.29 is 8.42 Å². The van der Waals surface area contributed by atoms with E-state index < -0.39 is 10.0 Å². The molecule has 100 valence electrons. The van der Waals surface area contributed by atoms with Gasteiger partial charge in [-0.1, -0.05) is 17.7 Å². The molecule has 0 atom stereocenters. The van der Waals surface area contributed by atoms with E-state index in [1.54, 1.807) is 18.2 Å². The lowest BCUT2D eigenvalue weighted by Gasteiger charge is -2.12. The minimum atomic E-state index is -3.87. The van der Waals surface area contributed by atoms with Gasteiger partial charge in [-0.25, -0.2) is 13.4 Å². The third kappa shape index (κ3) is 2.99. The van der Waals surface area contributed by atoms with E-state index in [2.05, 4.69) is 25.6 Å². The zero-order chi connectivity index (χ0) is 14.0. The molecule has 1 aromatic heterocycles. The van der Waals surface area contributed by atoms with Crippen molar-refractivity contribution in [3.8, 4) is 0 Å². The molecule has 0 spiro atoms. The fraction of sp³-hybridized carbons (Fsp3) is 0. The normalized spacial score (nSPS) is 11.3. The van der Waals surface area contributed by atoms with Crippen LogP contribution in [0.25, 0.3) is 0 Å². The van der Waals surface area contributed by atoms with Gasteiger partial charge >= 0.3 is 0 Å². The van der Waals surface area contributed by atoms with Gasteiger partial charge in [-0.3, -0.25) is 4.72 Å². The summed E-state index contributed by atoms with van der Waals surface area (Å²) in [6, 6.07) is 7.69. The molecule has 5 nitrogen and oxygen atoms in total. The molecular formula is C11H9BrClN3O2S. The lowest BCUT2D eigenvalue weighted by molar-refractivity contribution is 0.601. The molecule has 0 saturated carbocycles. The molecule has 0 aliphatic heterocycles. The largest absolute Gasteiger partial charge is 0.398 e. The molecule has 1 heterocycles. The van der Waals surface area contributed by atoms with Crippen molar-refractivity contribution in [2.45, 2.75) is 4.90 Å². The molecule has 8 heteroatoms. The average molecular weight is 363 g/mol. The summed E-state index contributed by atoms with van der Waals surface area (Å²) in [5.41, 5.74) is 6.06. The van der Waals surface area contributed by atoms with Crippen LogP contribution in [0.1, 0.15) is 0 Å². The van der Waals surface area contributed by atoms with Crippen LogP contribution in [-0.2, 0) is 10.0 Å². The minimum absolute atomic E-state index is 0.0625. The number of anilines is 2. The first-order valence-corrected chi connectivity index (χ1v) is 7.74. The molecular weight excluding hydrogens is 354 g/mol. The standard InChI is InChI=1S/C11H9BrClN3O2S/c12-11-9(5-2-6-15-11)16-19(17,18)10-7(13)3-1-4-8(10)14/h1-6,16H,14H2. The van der Waals surface area contributed by atoms with Crippen LogP contribution in [0.4, 0.5) is 11.4 Å². The first-order valence-electron chi connectivity index (χ1n) is 5.09. The van der Waals surface area contributed by atoms with E-state index in [4.69, 9.17) is 17.3 Å². The van der Waals surface area contributed by atoms with Crippen LogP contribution in [0, 0.1) is 0 Å². The van der Waals surface area contributed by atoms with Crippen molar-refractivity contribution in [2.24, 2.45) is 0 Å². The second kappa shape index (κ2) is 5.36. The van der Waals surface area contributed by atoms with Crippen molar-refractivity contribution in [2.75, 3.05) is 10.5 Å². The van der Waals surface area contributed by atoms with Crippen molar-refractivity contribution in [3.63, 3.8) is 0 Å². The van der Waals surface area contributed by atoms with Gasteiger partial charge in [0.25, 0.3) is 10.0 Å². The SMILES string of the molecule is Nc1cccc(Cl)c1S(=O)(=O)Nc1cccnc1Br. The second-order valence-corrected chi connectivity index (χ2v) is 6.38. The smallest absolute Gasteiger partial charge is 0.265 e. The van der Waals surface area contributed by atoms with Gasteiger partial charge < -0.3 is 5.73 Å². The van der Waals surface area contributed by atoms with Crippen molar-refractivity contribution in [1.29, 1.82) is 0 Å². The van der Waals surface area contributed by atoms with Gasteiger partial charge in [0.15, 0.2) is 0 Å². The lowest BCUT2D eigenvalue weighted by Crippen LogP contribution is -2.15. The Balaban J connectivity index is 2.47. The maximum Gasteiger partial charge on any atom is 0.265 e. The van der Waals surface area contributed by atoms with Gasteiger partial charge in [-0.2, -0.15) is 0 Å². The first-order chi connectivity index (χ1) is 8.92. The number of nitrogens with one attached hydrogen (secondary N) is 1. The summed E-state index contributed by atoms with van der Waals surface area (Å²) in [4.78, 5) is 3.78. The number of pyridine rings is 1. The number of aromatic nitrogens is 1. The highest BCUT2D eigenvalue weighted by molar-refractivity contribution is 9.10. The highest BCUT2D eigenvalue weighted by Gasteiger charge is 2.22. The van der Waals surface area contributed by atoms with Gasteiger partial charge in [-0.05, 0) is 40.2 Å². The number of nitrogens with two attached hydrogens (primary N) is 1. The van der Waals surface area contributed by atoms with Crippen LogP contribution in [0.5, 0.6) is 0 Å². The number of sulfonamides is 1. The van der Waals surface area contributed by atoms with E-state index in [1.165, 1.54) is 18.3 Å². The summed E-state index contributed by atoms with van der Waals surface area (Å²) in [6.07, 6.45) is 1.53. The van der Waals surface area contributed by atoms with E-state index in [1.807, 2.05) is 0 Å². The maximum absolute atomic E-state index is 12.3. The Hall–Kier alpha value is -1.31. The zero-order valence-electron chi connectivity index (χ0n) is 9.47. The quantitative estimate of drug-likeness (QED) is 0.649. The summed E-state index contributed by atoms with van der Waals surface area (Å²) in [5, 5.41) is 0.0625. The second-order valence-electron chi connectivity index (χ2n) is 3.61. The molecule has 0 bridgehead atoms. The average Bonchev–Trinajstić information content (AvgIpc) is 2.31. The summed E-state index contributed by atoms with van der Waals surface area (Å²) >= 11 is 9.05. The zero-order valence-corrected chi connectivity index (χ0v) is 12.6. The summed E-state index contributed by atoms with van der Waals surface area (Å²) in [5.74, 6) is 0. The van der Waals surface area contributed by atoms with Gasteiger partial charge in [0.05, 0.1) is 16.4 Å². The molecule has 0 unspecified atom stereocenters. The molecule has 0 saturated heterocycles. The third-order valence-corrected chi connectivity index (χ3v) is 4.81. The fourth-order valence-electron chi connectivity index (χ4n) is 1.47. The highest BCUT2D eigenvalue weighted by Crippen LogP contribution is 2.30. The van der Waals surface area contributed by atoms with Gasteiger partial charge in [0.2, 0.25) is 0 Å². The van der Waals surface area contributed by atoms with E-state index in [0.717, 1.165) is 0 Å². The van der Waals surface area contributed by atoms with Crippen LogP contribution in [-0.4, -0.2) is 13.4 Å². The van der Waals surface area contributed by atoms with Gasteiger partial charge in [0.1, 0.15) is 9.50 Å². The number of rotatable bonds is 3. The maximum atomic E-state index is 12.3. The number of nitrogens with zero attached hydrogens (tertiary/aromatic N) is 1. The van der Waals surface area contributed by atoms with E-state index in [9.17, 15) is 8.42 Å². The summed E-state index contributed by atoms with van der Waals surface area (Å²) < 4.78 is 27.3. The summed E-state index contributed by atoms with van der Waals surface area (Å²) in [6.45, 7) is 0. The molecule has 0 radical (unpaired) electrons. The minimum Gasteiger partial charge on any atom is -0.398 e. The Kier molecular flexibility index (Phi) is 3.98. The summed E-state index contributed by atoms with van der Waals surface area (Å²) in [7, 11) is -3.87. The monoisotopic (exact) mass is 361 g/mol. The molecule has 0 fully saturated rings. The molecule has 0 aliphatic carbocycles. The van der Waals surface area contributed by atoms with E-state index >= 15 is 0 Å². The Morgan fingerprint density at radius 2 is 2.00 bits per heavy atom. The number of hydrogen-bond acceptors (Lipinski definition) is 4. The molecule has 2 aromatic rings. The van der Waals surface area contributed by atoms with Crippen LogP contribution in [0.15, 0.2) is 46.0 Å². The van der Waals surface area contributed by atoms with Crippen LogP contribution in [0.3, 0.4) is 0 Å². The van der Waals surface area contributed by atoms with Crippen LogP contribution < -0.4 is 10.5 Å². The molecule has 0 aliphatic rings. The number of hydrogen-bond donors (Lipinski definition) is 2. The lowest BCUT2D eigenvalue weighted by atomic mass is 10.3. The topological polar surface area (TPSA) is 85.1 Å². The predicted molar refractivity (Wildman–Crippen MR) is 78.6 cm³/mol. The molecule has 1 aromatic carbocycles. The molecule has 2 rings (SSSR count). The van der Waals surface area contributed by atoms with Crippen LogP contribution >= 0.6 is 27.5 Å². The van der Waals surface area contributed by atoms with Crippen molar-refractivity contribution >= 4 is 48.9 Å².